The molecular weight excluding hydrogens is 210 g/mol. The average Bonchev–Trinajstić information content (AvgIpc) is 2.28. The molecule has 92 valence electrons. The summed E-state index contributed by atoms with van der Waals surface area (Å²) in [5.41, 5.74) is 5.94. The number of unbranched alkanes of at least 4 members (excludes halogenated alkanes) is 1. The van der Waals surface area contributed by atoms with E-state index in [-0.39, 0.29) is 0 Å². The van der Waals surface area contributed by atoms with Crippen molar-refractivity contribution in [2.75, 3.05) is 27.9 Å². The van der Waals surface area contributed by atoms with Crippen molar-refractivity contribution in [2.24, 2.45) is 5.73 Å². The van der Waals surface area contributed by atoms with Gasteiger partial charge in [-0.05, 0) is 19.4 Å². The summed E-state index contributed by atoms with van der Waals surface area (Å²) in [6.07, 6.45) is 4.30. The van der Waals surface area contributed by atoms with E-state index in [1.165, 1.54) is 6.42 Å². The fourth-order valence-electron chi connectivity index (χ4n) is 1.90. The van der Waals surface area contributed by atoms with Crippen LogP contribution in [-0.2, 0) is 13.3 Å². The molecule has 0 aromatic carbocycles. The van der Waals surface area contributed by atoms with Gasteiger partial charge in [-0.1, -0.05) is 19.8 Å². The van der Waals surface area contributed by atoms with Gasteiger partial charge in [0.05, 0.1) is 0 Å². The number of hydrogen-bond donors (Lipinski definition) is 1. The van der Waals surface area contributed by atoms with Crippen molar-refractivity contribution in [2.45, 2.75) is 38.1 Å². The molecule has 0 heterocycles. The first kappa shape index (κ1) is 15.1. The molecular formula is C10H25NO3Si. The second kappa shape index (κ2) is 8.24. The first-order valence-corrected chi connectivity index (χ1v) is 7.36. The van der Waals surface area contributed by atoms with Crippen LogP contribution in [0.3, 0.4) is 0 Å². The Hall–Kier alpha value is 0.0569. The van der Waals surface area contributed by atoms with E-state index in [2.05, 4.69) is 6.92 Å². The molecule has 2 N–H and O–H groups in total. The van der Waals surface area contributed by atoms with Crippen molar-refractivity contribution in [3.63, 3.8) is 0 Å². The molecule has 0 saturated carbocycles. The van der Waals surface area contributed by atoms with Crippen LogP contribution in [-0.4, -0.2) is 36.7 Å². The van der Waals surface area contributed by atoms with Crippen LogP contribution < -0.4 is 5.73 Å². The zero-order chi connectivity index (χ0) is 11.7. The molecule has 0 aliphatic heterocycles. The molecule has 4 nitrogen and oxygen atoms in total. The molecule has 0 rings (SSSR count). The lowest BCUT2D eigenvalue weighted by Crippen LogP contribution is -2.48. The highest BCUT2D eigenvalue weighted by Crippen LogP contribution is 2.31. The SMILES string of the molecule is CCCCC(CCN)[Si](OC)(OC)OC. The standard InChI is InChI=1S/C10H25NO3Si/c1-5-6-7-10(8-9-11)15(12-2,13-3)14-4/h10H,5-9,11H2,1-4H3. The Morgan fingerprint density at radius 2 is 1.60 bits per heavy atom. The molecule has 1 unspecified atom stereocenters. The number of hydrogen-bond acceptors (Lipinski definition) is 4. The van der Waals surface area contributed by atoms with Gasteiger partial charge in [-0.25, -0.2) is 0 Å². The zero-order valence-electron chi connectivity index (χ0n) is 10.4. The Bertz CT molecular complexity index is 145. The highest BCUT2D eigenvalue weighted by atomic mass is 28.4. The summed E-state index contributed by atoms with van der Waals surface area (Å²) in [7, 11) is 2.50. The summed E-state index contributed by atoms with van der Waals surface area (Å²) in [5.74, 6) is 0. The lowest BCUT2D eigenvalue weighted by molar-refractivity contribution is 0.108. The maximum absolute atomic E-state index is 5.62. The quantitative estimate of drug-likeness (QED) is 0.619. The van der Waals surface area contributed by atoms with Crippen LogP contribution in [0.2, 0.25) is 5.54 Å². The van der Waals surface area contributed by atoms with Crippen molar-refractivity contribution in [1.29, 1.82) is 0 Å². The van der Waals surface area contributed by atoms with E-state index in [4.69, 9.17) is 19.0 Å². The highest BCUT2D eigenvalue weighted by Gasteiger charge is 2.46. The van der Waals surface area contributed by atoms with Crippen molar-refractivity contribution < 1.29 is 13.3 Å². The smallest absolute Gasteiger partial charge is 0.377 e. The third kappa shape index (κ3) is 4.20. The molecule has 0 radical (unpaired) electrons. The largest absolute Gasteiger partial charge is 0.503 e. The van der Waals surface area contributed by atoms with Crippen LogP contribution in [0.1, 0.15) is 32.6 Å². The maximum atomic E-state index is 5.62. The monoisotopic (exact) mass is 235 g/mol. The van der Waals surface area contributed by atoms with Gasteiger partial charge >= 0.3 is 8.80 Å². The van der Waals surface area contributed by atoms with E-state index in [0.29, 0.717) is 12.1 Å². The molecule has 1 atom stereocenters. The highest BCUT2D eigenvalue weighted by molar-refractivity contribution is 6.62. The lowest BCUT2D eigenvalue weighted by atomic mass is 10.1. The number of rotatable bonds is 9. The molecule has 0 fully saturated rings. The van der Waals surface area contributed by atoms with Gasteiger partial charge in [0.15, 0.2) is 0 Å². The molecule has 0 amide bonds. The summed E-state index contributed by atoms with van der Waals surface area (Å²) in [4.78, 5) is 0. The lowest BCUT2D eigenvalue weighted by Gasteiger charge is -2.32. The summed E-state index contributed by atoms with van der Waals surface area (Å²) >= 11 is 0. The van der Waals surface area contributed by atoms with Crippen LogP contribution in [0.15, 0.2) is 0 Å². The topological polar surface area (TPSA) is 53.7 Å². The van der Waals surface area contributed by atoms with Crippen LogP contribution in [0.25, 0.3) is 0 Å². The molecule has 0 saturated heterocycles. The van der Waals surface area contributed by atoms with Gasteiger partial charge in [-0.3, -0.25) is 0 Å². The minimum atomic E-state index is -2.49. The van der Waals surface area contributed by atoms with Gasteiger partial charge in [0, 0.05) is 26.9 Å². The van der Waals surface area contributed by atoms with E-state index in [1.54, 1.807) is 21.3 Å². The fourth-order valence-corrected chi connectivity index (χ4v) is 4.48. The van der Waals surface area contributed by atoms with Crippen LogP contribution >= 0.6 is 0 Å². The summed E-state index contributed by atoms with van der Waals surface area (Å²) in [5, 5.41) is 0. The van der Waals surface area contributed by atoms with Gasteiger partial charge in [-0.15, -0.1) is 0 Å². The van der Waals surface area contributed by atoms with E-state index in [1.807, 2.05) is 0 Å². The molecule has 0 aromatic heterocycles. The van der Waals surface area contributed by atoms with Gasteiger partial charge in [0.25, 0.3) is 0 Å². The van der Waals surface area contributed by atoms with E-state index in [9.17, 15) is 0 Å². The molecule has 0 aromatic rings. The van der Waals surface area contributed by atoms with Crippen LogP contribution in [0, 0.1) is 0 Å². The minimum absolute atomic E-state index is 0.322. The first-order chi connectivity index (χ1) is 7.20. The Labute approximate surface area is 94.5 Å². The van der Waals surface area contributed by atoms with E-state index < -0.39 is 8.80 Å². The van der Waals surface area contributed by atoms with Crippen molar-refractivity contribution in [3.05, 3.63) is 0 Å². The molecule has 0 bridgehead atoms. The molecule has 0 spiro atoms. The average molecular weight is 235 g/mol. The third-order valence-corrected chi connectivity index (χ3v) is 6.06. The zero-order valence-corrected chi connectivity index (χ0v) is 11.4. The number of nitrogens with two attached hydrogens (primary N) is 1. The van der Waals surface area contributed by atoms with Gasteiger partial charge in [-0.2, -0.15) is 0 Å². The van der Waals surface area contributed by atoms with Crippen LogP contribution in [0.5, 0.6) is 0 Å². The molecule has 0 aliphatic carbocycles. The Morgan fingerprint density at radius 1 is 1.07 bits per heavy atom. The van der Waals surface area contributed by atoms with E-state index in [0.717, 1.165) is 19.3 Å². The molecule has 0 aliphatic rings. The minimum Gasteiger partial charge on any atom is -0.377 e. The van der Waals surface area contributed by atoms with Crippen molar-refractivity contribution in [1.82, 2.24) is 0 Å². The third-order valence-electron chi connectivity index (χ3n) is 2.77. The predicted molar refractivity (Wildman–Crippen MR) is 63.7 cm³/mol. The van der Waals surface area contributed by atoms with Crippen molar-refractivity contribution >= 4 is 8.80 Å². The van der Waals surface area contributed by atoms with Gasteiger partial charge in [0.2, 0.25) is 0 Å². The second-order valence-electron chi connectivity index (χ2n) is 3.63. The van der Waals surface area contributed by atoms with Crippen molar-refractivity contribution in [3.8, 4) is 0 Å². The maximum Gasteiger partial charge on any atom is 0.503 e. The fraction of sp³-hybridized carbons (Fsp3) is 1.00. The molecule has 5 heteroatoms. The summed E-state index contributed by atoms with van der Waals surface area (Å²) in [6, 6.07) is 0. The second-order valence-corrected chi connectivity index (χ2v) is 6.88. The Morgan fingerprint density at radius 3 is 1.93 bits per heavy atom. The Kier molecular flexibility index (Phi) is 8.27. The summed E-state index contributed by atoms with van der Waals surface area (Å²) < 4.78 is 16.5. The molecule has 15 heavy (non-hydrogen) atoms. The summed E-state index contributed by atoms with van der Waals surface area (Å²) in [6.45, 7) is 2.83. The van der Waals surface area contributed by atoms with Gasteiger partial charge < -0.3 is 19.0 Å². The predicted octanol–water partition coefficient (Wildman–Crippen LogP) is 1.77. The van der Waals surface area contributed by atoms with E-state index >= 15 is 0 Å². The Balaban J connectivity index is 4.50. The first-order valence-electron chi connectivity index (χ1n) is 5.56. The normalized spacial score (nSPS) is 14.2. The van der Waals surface area contributed by atoms with Crippen LogP contribution in [0.4, 0.5) is 0 Å². The van der Waals surface area contributed by atoms with Gasteiger partial charge in [0.1, 0.15) is 0 Å².